The lowest BCUT2D eigenvalue weighted by molar-refractivity contribution is 0.0909. The lowest BCUT2D eigenvalue weighted by Crippen LogP contribution is -2.43. The van der Waals surface area contributed by atoms with Crippen LogP contribution in [0.15, 0.2) is 24.3 Å². The van der Waals surface area contributed by atoms with Crippen LogP contribution in [-0.4, -0.2) is 28.8 Å². The monoisotopic (exact) mass is 283 g/mol. The number of carbonyl (C=O) groups excluding carboxylic acids is 1. The summed E-state index contributed by atoms with van der Waals surface area (Å²) in [6.07, 6.45) is 3.84. The number of aromatic nitrogens is 2. The van der Waals surface area contributed by atoms with Gasteiger partial charge in [0.1, 0.15) is 12.4 Å². The van der Waals surface area contributed by atoms with Crippen molar-refractivity contribution in [2.45, 2.75) is 31.7 Å². The van der Waals surface area contributed by atoms with Crippen LogP contribution in [0.1, 0.15) is 33.7 Å². The number of rotatable bonds is 2. The highest BCUT2D eigenvalue weighted by Gasteiger charge is 2.26. The van der Waals surface area contributed by atoms with Gasteiger partial charge in [-0.15, -0.1) is 0 Å². The fraction of sp³-hybridized carbons (Fsp3) is 0.375. The van der Waals surface area contributed by atoms with Crippen molar-refractivity contribution in [2.75, 3.05) is 6.61 Å². The number of fused-ring (bicyclic) bond motifs is 2. The van der Waals surface area contributed by atoms with Gasteiger partial charge < -0.3 is 10.1 Å². The zero-order valence-electron chi connectivity index (χ0n) is 11.7. The Balaban J connectivity index is 1.48. The maximum absolute atomic E-state index is 12.4. The predicted molar refractivity (Wildman–Crippen MR) is 77.5 cm³/mol. The Morgan fingerprint density at radius 2 is 2.24 bits per heavy atom. The lowest BCUT2D eigenvalue weighted by Gasteiger charge is -2.25. The summed E-state index contributed by atoms with van der Waals surface area (Å²) in [6.45, 7) is 0.509. The number of H-pyrrole nitrogens is 1. The molecule has 21 heavy (non-hydrogen) atoms. The lowest BCUT2D eigenvalue weighted by atomic mass is 10.0. The molecule has 1 aromatic carbocycles. The largest absolute Gasteiger partial charge is 0.491 e. The molecule has 2 N–H and O–H groups in total. The molecule has 0 radical (unpaired) electrons. The normalized spacial score (nSPS) is 19.5. The fourth-order valence-electron chi connectivity index (χ4n) is 3.18. The minimum atomic E-state index is -0.0950. The predicted octanol–water partition coefficient (Wildman–Crippen LogP) is 1.63. The summed E-state index contributed by atoms with van der Waals surface area (Å²) in [5.41, 5.74) is 3.90. The van der Waals surface area contributed by atoms with Crippen molar-refractivity contribution in [1.29, 1.82) is 0 Å². The van der Waals surface area contributed by atoms with Crippen molar-refractivity contribution in [3.8, 4) is 5.75 Å². The van der Waals surface area contributed by atoms with E-state index in [2.05, 4.69) is 15.5 Å². The van der Waals surface area contributed by atoms with Crippen LogP contribution in [0.5, 0.6) is 5.75 Å². The topological polar surface area (TPSA) is 67.0 Å². The fourth-order valence-corrected chi connectivity index (χ4v) is 3.18. The van der Waals surface area contributed by atoms with E-state index < -0.39 is 0 Å². The van der Waals surface area contributed by atoms with Gasteiger partial charge in [0.25, 0.3) is 5.91 Å². The van der Waals surface area contributed by atoms with Gasteiger partial charge in [-0.1, -0.05) is 18.2 Å². The Morgan fingerprint density at radius 3 is 3.19 bits per heavy atom. The summed E-state index contributed by atoms with van der Waals surface area (Å²) in [4.78, 5) is 12.4. The van der Waals surface area contributed by atoms with E-state index in [0.29, 0.717) is 12.3 Å². The number of aromatic amines is 1. The minimum absolute atomic E-state index is 0.00107. The van der Waals surface area contributed by atoms with E-state index in [1.54, 1.807) is 0 Å². The highest BCUT2D eigenvalue weighted by atomic mass is 16.5. The average molecular weight is 283 g/mol. The molecule has 108 valence electrons. The molecular weight excluding hydrogens is 266 g/mol. The molecule has 1 aromatic heterocycles. The molecule has 1 aliphatic heterocycles. The Morgan fingerprint density at radius 1 is 1.33 bits per heavy atom. The van der Waals surface area contributed by atoms with Gasteiger partial charge in [0.15, 0.2) is 5.69 Å². The molecule has 2 heterocycles. The molecular formula is C16H17N3O2. The van der Waals surface area contributed by atoms with E-state index in [1.165, 1.54) is 0 Å². The number of aryl methyl sites for hydroxylation is 1. The summed E-state index contributed by atoms with van der Waals surface area (Å²) in [6, 6.07) is 7.96. The van der Waals surface area contributed by atoms with E-state index in [1.807, 2.05) is 24.3 Å². The number of para-hydroxylation sites is 1. The van der Waals surface area contributed by atoms with Gasteiger partial charge in [-0.25, -0.2) is 0 Å². The molecule has 5 nitrogen and oxygen atoms in total. The van der Waals surface area contributed by atoms with Gasteiger partial charge in [0, 0.05) is 11.3 Å². The van der Waals surface area contributed by atoms with Crippen molar-refractivity contribution < 1.29 is 9.53 Å². The second-order valence-electron chi connectivity index (χ2n) is 5.68. The van der Waals surface area contributed by atoms with Crippen LogP contribution in [-0.2, 0) is 19.3 Å². The van der Waals surface area contributed by atoms with E-state index in [0.717, 1.165) is 48.3 Å². The maximum atomic E-state index is 12.4. The SMILES string of the molecule is O=C(NC1COc2ccccc2C1)c1n[nH]c2c1CCC2. The second kappa shape index (κ2) is 4.91. The van der Waals surface area contributed by atoms with Crippen molar-refractivity contribution in [3.05, 3.63) is 46.8 Å². The number of amides is 1. The molecule has 1 amide bonds. The minimum Gasteiger partial charge on any atom is -0.491 e. The number of nitrogens with zero attached hydrogens (tertiary/aromatic N) is 1. The van der Waals surface area contributed by atoms with E-state index in [9.17, 15) is 4.79 Å². The molecule has 2 aliphatic rings. The van der Waals surface area contributed by atoms with Crippen LogP contribution < -0.4 is 10.1 Å². The Bertz CT molecular complexity index is 693. The quantitative estimate of drug-likeness (QED) is 0.880. The van der Waals surface area contributed by atoms with Crippen molar-refractivity contribution in [1.82, 2.24) is 15.5 Å². The first-order chi connectivity index (χ1) is 10.3. The number of ether oxygens (including phenoxy) is 1. The smallest absolute Gasteiger partial charge is 0.272 e. The molecule has 4 rings (SSSR count). The zero-order chi connectivity index (χ0) is 14.2. The maximum Gasteiger partial charge on any atom is 0.272 e. The Hall–Kier alpha value is -2.30. The van der Waals surface area contributed by atoms with Crippen molar-refractivity contribution in [2.24, 2.45) is 0 Å². The third kappa shape index (κ3) is 2.18. The molecule has 0 bridgehead atoms. The van der Waals surface area contributed by atoms with Crippen LogP contribution in [0.4, 0.5) is 0 Å². The van der Waals surface area contributed by atoms with Crippen molar-refractivity contribution in [3.63, 3.8) is 0 Å². The van der Waals surface area contributed by atoms with Gasteiger partial charge in [-0.3, -0.25) is 9.89 Å². The average Bonchev–Trinajstić information content (AvgIpc) is 3.09. The van der Waals surface area contributed by atoms with Gasteiger partial charge in [0.05, 0.1) is 6.04 Å². The first-order valence-corrected chi connectivity index (χ1v) is 7.39. The van der Waals surface area contributed by atoms with Gasteiger partial charge in [-0.05, 0) is 37.3 Å². The van der Waals surface area contributed by atoms with Crippen LogP contribution in [0.25, 0.3) is 0 Å². The molecule has 5 heteroatoms. The van der Waals surface area contributed by atoms with Crippen LogP contribution in [0, 0.1) is 0 Å². The Kier molecular flexibility index (Phi) is 2.91. The number of nitrogens with one attached hydrogen (secondary N) is 2. The molecule has 2 aromatic rings. The van der Waals surface area contributed by atoms with Crippen LogP contribution in [0.3, 0.4) is 0 Å². The summed E-state index contributed by atoms with van der Waals surface area (Å²) >= 11 is 0. The van der Waals surface area contributed by atoms with Gasteiger partial charge in [-0.2, -0.15) is 5.10 Å². The van der Waals surface area contributed by atoms with Gasteiger partial charge >= 0.3 is 0 Å². The third-order valence-corrected chi connectivity index (χ3v) is 4.24. The number of hydrogen-bond donors (Lipinski definition) is 2. The first kappa shape index (κ1) is 12.4. The molecule has 1 atom stereocenters. The Labute approximate surface area is 122 Å². The summed E-state index contributed by atoms with van der Waals surface area (Å²) in [5.74, 6) is 0.825. The van der Waals surface area contributed by atoms with E-state index in [-0.39, 0.29) is 11.9 Å². The molecule has 1 unspecified atom stereocenters. The molecule has 0 fully saturated rings. The number of carbonyl (C=O) groups is 1. The summed E-state index contributed by atoms with van der Waals surface area (Å²) < 4.78 is 5.70. The molecule has 0 saturated heterocycles. The second-order valence-corrected chi connectivity index (χ2v) is 5.68. The highest BCUT2D eigenvalue weighted by Crippen LogP contribution is 2.25. The van der Waals surface area contributed by atoms with E-state index in [4.69, 9.17) is 4.74 Å². The van der Waals surface area contributed by atoms with Crippen LogP contribution in [0.2, 0.25) is 0 Å². The van der Waals surface area contributed by atoms with E-state index >= 15 is 0 Å². The summed E-state index contributed by atoms with van der Waals surface area (Å²) in [5, 5.41) is 10.2. The number of hydrogen-bond acceptors (Lipinski definition) is 3. The first-order valence-electron chi connectivity index (χ1n) is 7.39. The molecule has 0 spiro atoms. The van der Waals surface area contributed by atoms with Crippen molar-refractivity contribution >= 4 is 5.91 Å². The van der Waals surface area contributed by atoms with Gasteiger partial charge in [0.2, 0.25) is 0 Å². The molecule has 0 saturated carbocycles. The third-order valence-electron chi connectivity index (χ3n) is 4.24. The highest BCUT2D eigenvalue weighted by molar-refractivity contribution is 5.94. The summed E-state index contributed by atoms with van der Waals surface area (Å²) in [7, 11) is 0. The zero-order valence-corrected chi connectivity index (χ0v) is 11.7. The number of benzene rings is 1. The molecule has 1 aliphatic carbocycles. The van der Waals surface area contributed by atoms with Crippen LogP contribution >= 0.6 is 0 Å². The standard InChI is InChI=1S/C16H17N3O2/c20-16(15-12-5-3-6-13(12)18-19-15)17-11-8-10-4-1-2-7-14(10)21-9-11/h1-2,4,7,11H,3,5-6,8-9H2,(H,17,20)(H,18,19).